The molecule has 0 spiro atoms. The molecule has 3 aromatic rings. The van der Waals surface area contributed by atoms with Gasteiger partial charge in [0.2, 0.25) is 0 Å². The van der Waals surface area contributed by atoms with Gasteiger partial charge >= 0.3 is 0 Å². The molecule has 1 fully saturated rings. The quantitative estimate of drug-likeness (QED) is 0.725. The summed E-state index contributed by atoms with van der Waals surface area (Å²) in [4.78, 5) is 11.0. The van der Waals surface area contributed by atoms with Gasteiger partial charge in [-0.15, -0.1) is 0 Å². The van der Waals surface area contributed by atoms with Gasteiger partial charge in [0.1, 0.15) is 18.0 Å². The Balaban J connectivity index is 1.89. The third kappa shape index (κ3) is 2.43. The van der Waals surface area contributed by atoms with E-state index >= 15 is 0 Å². The molecule has 7 heteroatoms. The second-order valence-electron chi connectivity index (χ2n) is 5.47. The first-order valence-electron chi connectivity index (χ1n) is 7.53. The molecule has 4 rings (SSSR count). The fourth-order valence-electron chi connectivity index (χ4n) is 2.90. The zero-order valence-electron chi connectivity index (χ0n) is 12.7. The fraction of sp³-hybridized carbons (Fsp3) is 0.312. The number of nitrogens with zero attached hydrogens (tertiary/aromatic N) is 5. The first-order chi connectivity index (χ1) is 11.2. The second-order valence-corrected chi connectivity index (χ2v) is 5.47. The third-order valence-corrected chi connectivity index (χ3v) is 3.98. The van der Waals surface area contributed by atoms with Crippen LogP contribution >= 0.6 is 0 Å². The Labute approximate surface area is 132 Å². The van der Waals surface area contributed by atoms with E-state index in [1.807, 2.05) is 13.0 Å². The summed E-state index contributed by atoms with van der Waals surface area (Å²) in [7, 11) is 0. The van der Waals surface area contributed by atoms with E-state index in [4.69, 9.17) is 4.74 Å². The molecule has 0 saturated carbocycles. The van der Waals surface area contributed by atoms with Crippen molar-refractivity contribution in [1.82, 2.24) is 19.7 Å². The van der Waals surface area contributed by atoms with Crippen molar-refractivity contribution in [3.63, 3.8) is 0 Å². The van der Waals surface area contributed by atoms with E-state index in [0.29, 0.717) is 24.5 Å². The monoisotopic (exact) mass is 313 g/mol. The van der Waals surface area contributed by atoms with Crippen molar-refractivity contribution in [3.05, 3.63) is 42.1 Å². The molecule has 3 heterocycles. The fourth-order valence-corrected chi connectivity index (χ4v) is 2.90. The van der Waals surface area contributed by atoms with Crippen molar-refractivity contribution in [2.75, 3.05) is 31.2 Å². The molecule has 118 valence electrons. The Morgan fingerprint density at radius 2 is 2.00 bits per heavy atom. The van der Waals surface area contributed by atoms with Crippen LogP contribution in [0.4, 0.5) is 10.2 Å². The van der Waals surface area contributed by atoms with Crippen LogP contribution in [0, 0.1) is 12.7 Å². The van der Waals surface area contributed by atoms with E-state index in [1.165, 1.54) is 18.5 Å². The number of benzene rings is 1. The highest BCUT2D eigenvalue weighted by molar-refractivity contribution is 5.90. The van der Waals surface area contributed by atoms with E-state index in [-0.39, 0.29) is 5.82 Å². The molecule has 1 aliphatic rings. The summed E-state index contributed by atoms with van der Waals surface area (Å²) < 4.78 is 20.6. The maximum absolute atomic E-state index is 13.5. The molecule has 0 N–H and O–H groups in total. The Morgan fingerprint density at radius 1 is 1.17 bits per heavy atom. The molecule has 0 bridgehead atoms. The maximum Gasteiger partial charge on any atom is 0.168 e. The summed E-state index contributed by atoms with van der Waals surface area (Å²) in [5.74, 6) is 0.560. The van der Waals surface area contributed by atoms with Crippen molar-refractivity contribution >= 4 is 16.9 Å². The lowest BCUT2D eigenvalue weighted by molar-refractivity contribution is 0.122. The first kappa shape index (κ1) is 14.1. The number of ether oxygens (including phenoxy) is 1. The molecule has 23 heavy (non-hydrogen) atoms. The molecule has 0 radical (unpaired) electrons. The van der Waals surface area contributed by atoms with E-state index in [9.17, 15) is 4.39 Å². The zero-order chi connectivity index (χ0) is 15.8. The normalized spacial score (nSPS) is 15.3. The number of halogens is 1. The Kier molecular flexibility index (Phi) is 3.42. The minimum atomic E-state index is -0.300. The number of anilines is 1. The van der Waals surface area contributed by atoms with Gasteiger partial charge in [-0.25, -0.2) is 19.0 Å². The largest absolute Gasteiger partial charge is 0.378 e. The molecule has 1 aliphatic heterocycles. The van der Waals surface area contributed by atoms with Gasteiger partial charge in [0.25, 0.3) is 0 Å². The second kappa shape index (κ2) is 5.58. The number of hydrogen-bond donors (Lipinski definition) is 0. The van der Waals surface area contributed by atoms with E-state index < -0.39 is 0 Å². The lowest BCUT2D eigenvalue weighted by Gasteiger charge is -2.28. The highest BCUT2D eigenvalue weighted by Crippen LogP contribution is 2.28. The van der Waals surface area contributed by atoms with Crippen LogP contribution in [0.5, 0.6) is 0 Å². The highest BCUT2D eigenvalue weighted by Gasteiger charge is 2.20. The Bertz CT molecular complexity index is 857. The third-order valence-electron chi connectivity index (χ3n) is 3.98. The molecule has 1 saturated heterocycles. The summed E-state index contributed by atoms with van der Waals surface area (Å²) in [6, 6.07) is 6.33. The highest BCUT2D eigenvalue weighted by atomic mass is 19.1. The van der Waals surface area contributed by atoms with E-state index in [2.05, 4.69) is 20.0 Å². The SMILES string of the molecule is Cc1nn(-c2cccc(F)c2)c2ncnc(N3CCOCC3)c12. The van der Waals surface area contributed by atoms with Crippen LogP contribution in [0.1, 0.15) is 5.69 Å². The van der Waals surface area contributed by atoms with Crippen molar-refractivity contribution in [2.45, 2.75) is 6.92 Å². The summed E-state index contributed by atoms with van der Waals surface area (Å²) in [5.41, 5.74) is 2.16. The van der Waals surface area contributed by atoms with Crippen LogP contribution in [0.3, 0.4) is 0 Å². The van der Waals surface area contributed by atoms with Crippen molar-refractivity contribution < 1.29 is 9.13 Å². The molecule has 0 atom stereocenters. The molecule has 0 amide bonds. The number of rotatable bonds is 2. The summed E-state index contributed by atoms with van der Waals surface area (Å²) in [6.07, 6.45) is 1.53. The maximum atomic E-state index is 13.5. The van der Waals surface area contributed by atoms with Gasteiger partial charge in [-0.2, -0.15) is 5.10 Å². The van der Waals surface area contributed by atoms with Crippen LogP contribution in [-0.4, -0.2) is 46.1 Å². The molecule has 1 aromatic carbocycles. The van der Waals surface area contributed by atoms with Crippen LogP contribution in [0.25, 0.3) is 16.7 Å². The van der Waals surface area contributed by atoms with E-state index in [0.717, 1.165) is 30.0 Å². The van der Waals surface area contributed by atoms with Crippen LogP contribution in [-0.2, 0) is 4.74 Å². The molecular formula is C16H16FN5O. The van der Waals surface area contributed by atoms with E-state index in [1.54, 1.807) is 10.7 Å². The van der Waals surface area contributed by atoms with Gasteiger partial charge in [-0.05, 0) is 25.1 Å². The zero-order valence-corrected chi connectivity index (χ0v) is 12.7. The number of morpholine rings is 1. The van der Waals surface area contributed by atoms with Crippen LogP contribution in [0.15, 0.2) is 30.6 Å². The van der Waals surface area contributed by atoms with Crippen molar-refractivity contribution in [3.8, 4) is 5.69 Å². The Morgan fingerprint density at radius 3 is 2.78 bits per heavy atom. The standard InChI is InChI=1S/C16H16FN5O/c1-11-14-15(21-5-7-23-8-6-21)18-10-19-16(14)22(20-11)13-4-2-3-12(17)9-13/h2-4,9-10H,5-8H2,1H3. The minimum Gasteiger partial charge on any atom is -0.378 e. The average Bonchev–Trinajstić information content (AvgIpc) is 2.93. The van der Waals surface area contributed by atoms with Gasteiger partial charge in [0.05, 0.1) is 30.0 Å². The number of aromatic nitrogens is 4. The van der Waals surface area contributed by atoms with Gasteiger partial charge in [0, 0.05) is 13.1 Å². The van der Waals surface area contributed by atoms with Crippen LogP contribution < -0.4 is 4.90 Å². The predicted molar refractivity (Wildman–Crippen MR) is 84.4 cm³/mol. The lowest BCUT2D eigenvalue weighted by Crippen LogP contribution is -2.36. The Hall–Kier alpha value is -2.54. The number of hydrogen-bond acceptors (Lipinski definition) is 5. The first-order valence-corrected chi connectivity index (χ1v) is 7.53. The summed E-state index contributed by atoms with van der Waals surface area (Å²) in [6.45, 7) is 4.87. The van der Waals surface area contributed by atoms with Crippen molar-refractivity contribution in [2.24, 2.45) is 0 Å². The molecular weight excluding hydrogens is 297 g/mol. The molecule has 2 aromatic heterocycles. The predicted octanol–water partition coefficient (Wildman–Crippen LogP) is 2.10. The van der Waals surface area contributed by atoms with Gasteiger partial charge in [-0.3, -0.25) is 0 Å². The van der Waals surface area contributed by atoms with Crippen LogP contribution in [0.2, 0.25) is 0 Å². The topological polar surface area (TPSA) is 56.1 Å². The van der Waals surface area contributed by atoms with Gasteiger partial charge in [-0.1, -0.05) is 6.07 Å². The molecule has 0 unspecified atom stereocenters. The number of fused-ring (bicyclic) bond motifs is 1. The molecule has 0 aliphatic carbocycles. The lowest BCUT2D eigenvalue weighted by atomic mass is 10.2. The molecule has 6 nitrogen and oxygen atoms in total. The average molecular weight is 313 g/mol. The number of aryl methyl sites for hydroxylation is 1. The smallest absolute Gasteiger partial charge is 0.168 e. The van der Waals surface area contributed by atoms with Gasteiger partial charge < -0.3 is 9.64 Å². The van der Waals surface area contributed by atoms with Gasteiger partial charge in [0.15, 0.2) is 5.65 Å². The summed E-state index contributed by atoms with van der Waals surface area (Å²) >= 11 is 0. The van der Waals surface area contributed by atoms with Crippen molar-refractivity contribution in [1.29, 1.82) is 0 Å². The minimum absolute atomic E-state index is 0.300. The summed E-state index contributed by atoms with van der Waals surface area (Å²) in [5, 5.41) is 5.45.